The van der Waals surface area contributed by atoms with Crippen LogP contribution in [0.4, 0.5) is 0 Å². The summed E-state index contributed by atoms with van der Waals surface area (Å²) < 4.78 is 0. The molecule has 0 fully saturated rings. The van der Waals surface area contributed by atoms with Gasteiger partial charge in [0.15, 0.2) is 0 Å². The molecule has 1 atom stereocenters. The van der Waals surface area contributed by atoms with Gasteiger partial charge < -0.3 is 4.90 Å². The highest BCUT2D eigenvalue weighted by Crippen LogP contribution is 2.28. The normalized spacial score (nSPS) is 12.2. The van der Waals surface area contributed by atoms with Gasteiger partial charge in [0.2, 0.25) is 0 Å². The van der Waals surface area contributed by atoms with Gasteiger partial charge in [-0.15, -0.1) is 11.3 Å². The summed E-state index contributed by atoms with van der Waals surface area (Å²) in [6.45, 7) is 6.00. The van der Waals surface area contributed by atoms with Crippen molar-refractivity contribution in [2.24, 2.45) is 0 Å². The van der Waals surface area contributed by atoms with Crippen LogP contribution >= 0.6 is 11.3 Å². The van der Waals surface area contributed by atoms with Gasteiger partial charge in [-0.05, 0) is 31.9 Å². The lowest BCUT2D eigenvalue weighted by Crippen LogP contribution is -2.31. The number of carbonyl (C=O) groups excluding carboxylic acids is 1. The van der Waals surface area contributed by atoms with Crippen molar-refractivity contribution in [2.45, 2.75) is 46.1 Å². The maximum Gasteiger partial charge on any atom is 0.266 e. The van der Waals surface area contributed by atoms with E-state index in [9.17, 15) is 4.79 Å². The van der Waals surface area contributed by atoms with E-state index >= 15 is 0 Å². The molecule has 4 nitrogen and oxygen atoms in total. The Morgan fingerprint density at radius 1 is 1.41 bits per heavy atom. The molecule has 0 N–H and O–H groups in total. The summed E-state index contributed by atoms with van der Waals surface area (Å²) in [5.41, 5.74) is 1.91. The number of rotatable bonds is 6. The lowest BCUT2D eigenvalue weighted by molar-refractivity contribution is 0.0724. The molecule has 0 spiro atoms. The molecule has 0 unspecified atom stereocenters. The Morgan fingerprint density at radius 3 is 2.73 bits per heavy atom. The number of aromatic nitrogens is 2. The Labute approximate surface area is 136 Å². The number of amides is 1. The van der Waals surface area contributed by atoms with Crippen LogP contribution in [0.5, 0.6) is 0 Å². The molecule has 0 aliphatic carbocycles. The van der Waals surface area contributed by atoms with Crippen molar-refractivity contribution in [3.63, 3.8) is 0 Å². The molecule has 0 aliphatic heterocycles. The minimum absolute atomic E-state index is 0.0491. The molecular weight excluding hydrogens is 294 g/mol. The van der Waals surface area contributed by atoms with Crippen molar-refractivity contribution >= 4 is 17.2 Å². The van der Waals surface area contributed by atoms with E-state index in [1.807, 2.05) is 44.1 Å². The number of hydrogen-bond acceptors (Lipinski definition) is 4. The van der Waals surface area contributed by atoms with E-state index < -0.39 is 0 Å². The lowest BCUT2D eigenvalue weighted by atomic mass is 10.0. The summed E-state index contributed by atoms with van der Waals surface area (Å²) in [5.74, 6) is 0.0491. The number of nitrogens with zero attached hydrogens (tertiary/aromatic N) is 3. The van der Waals surface area contributed by atoms with Gasteiger partial charge in [-0.25, -0.2) is 4.98 Å². The average Bonchev–Trinajstić information content (AvgIpc) is 2.86. The number of unbranched alkanes of at least 4 members (excludes halogenated alkanes) is 1. The summed E-state index contributed by atoms with van der Waals surface area (Å²) in [5, 5.41) is 0.931. The highest BCUT2D eigenvalue weighted by molar-refractivity contribution is 7.13. The summed E-state index contributed by atoms with van der Waals surface area (Å²) in [7, 11) is 1.88. The Bertz CT molecular complexity index is 624. The maximum absolute atomic E-state index is 12.8. The van der Waals surface area contributed by atoms with Gasteiger partial charge in [0, 0.05) is 19.4 Å². The Hall–Kier alpha value is -1.75. The van der Waals surface area contributed by atoms with E-state index in [2.05, 4.69) is 16.9 Å². The smallest absolute Gasteiger partial charge is 0.266 e. The van der Waals surface area contributed by atoms with Gasteiger partial charge in [0.1, 0.15) is 4.88 Å². The standard InChI is InChI=1S/C17H23N3OS/c1-5-6-9-15(14-8-7-10-18-11-14)20(4)17(21)16-12(2)19-13(3)22-16/h7-8,10-11,15H,5-6,9H2,1-4H3/t15-/m0/s1. The van der Waals surface area contributed by atoms with Crippen LogP contribution in [0.3, 0.4) is 0 Å². The molecule has 2 heterocycles. The van der Waals surface area contributed by atoms with Crippen molar-refractivity contribution in [2.75, 3.05) is 7.05 Å². The number of pyridine rings is 1. The highest BCUT2D eigenvalue weighted by atomic mass is 32.1. The Kier molecular flexibility index (Phi) is 5.66. The molecule has 2 aromatic rings. The van der Waals surface area contributed by atoms with E-state index in [0.29, 0.717) is 0 Å². The van der Waals surface area contributed by atoms with Crippen LogP contribution in [0.25, 0.3) is 0 Å². The van der Waals surface area contributed by atoms with Gasteiger partial charge in [-0.2, -0.15) is 0 Å². The first-order valence-corrected chi connectivity index (χ1v) is 8.47. The largest absolute Gasteiger partial charge is 0.334 e. The van der Waals surface area contributed by atoms with Gasteiger partial charge in [-0.3, -0.25) is 9.78 Å². The average molecular weight is 317 g/mol. The Balaban J connectivity index is 2.26. The van der Waals surface area contributed by atoms with E-state index in [1.165, 1.54) is 11.3 Å². The minimum atomic E-state index is 0.0491. The van der Waals surface area contributed by atoms with Crippen LogP contribution in [0.1, 0.15) is 58.2 Å². The summed E-state index contributed by atoms with van der Waals surface area (Å²) in [4.78, 5) is 24.0. The van der Waals surface area contributed by atoms with Gasteiger partial charge in [-0.1, -0.05) is 25.8 Å². The fraction of sp³-hybridized carbons (Fsp3) is 0.471. The summed E-state index contributed by atoms with van der Waals surface area (Å²) in [6, 6.07) is 4.03. The molecule has 0 bridgehead atoms. The molecule has 118 valence electrons. The predicted octanol–water partition coefficient (Wildman–Crippen LogP) is 4.16. The molecule has 0 aromatic carbocycles. The molecule has 0 saturated heterocycles. The van der Waals surface area contributed by atoms with Crippen molar-refractivity contribution in [3.8, 4) is 0 Å². The van der Waals surface area contributed by atoms with Crippen molar-refractivity contribution < 1.29 is 4.79 Å². The molecule has 0 aliphatic rings. The predicted molar refractivity (Wildman–Crippen MR) is 90.2 cm³/mol. The third kappa shape index (κ3) is 3.71. The Morgan fingerprint density at radius 2 is 2.18 bits per heavy atom. The molecule has 2 aromatic heterocycles. The van der Waals surface area contributed by atoms with Crippen molar-refractivity contribution in [1.29, 1.82) is 0 Å². The van der Waals surface area contributed by atoms with Gasteiger partial charge in [0.25, 0.3) is 5.91 Å². The molecular formula is C17H23N3OS. The fourth-order valence-corrected chi connectivity index (χ4v) is 3.49. The molecule has 22 heavy (non-hydrogen) atoms. The quantitative estimate of drug-likeness (QED) is 0.803. The van der Waals surface area contributed by atoms with Crippen LogP contribution in [0.15, 0.2) is 24.5 Å². The van der Waals surface area contributed by atoms with Gasteiger partial charge >= 0.3 is 0 Å². The third-order valence-corrected chi connectivity index (χ3v) is 4.85. The van der Waals surface area contributed by atoms with E-state index in [-0.39, 0.29) is 11.9 Å². The molecule has 0 radical (unpaired) electrons. The first-order valence-electron chi connectivity index (χ1n) is 7.65. The number of thiazole rings is 1. The minimum Gasteiger partial charge on any atom is -0.334 e. The van der Waals surface area contributed by atoms with Crippen LogP contribution in [0, 0.1) is 13.8 Å². The van der Waals surface area contributed by atoms with E-state index in [4.69, 9.17) is 0 Å². The number of aryl methyl sites for hydroxylation is 2. The second-order valence-corrected chi connectivity index (χ2v) is 6.71. The van der Waals surface area contributed by atoms with E-state index in [1.54, 1.807) is 6.20 Å². The second kappa shape index (κ2) is 7.49. The summed E-state index contributed by atoms with van der Waals surface area (Å²) >= 11 is 1.47. The zero-order chi connectivity index (χ0) is 16.1. The lowest BCUT2D eigenvalue weighted by Gasteiger charge is -2.28. The van der Waals surface area contributed by atoms with Crippen LogP contribution < -0.4 is 0 Å². The van der Waals surface area contributed by atoms with Gasteiger partial charge in [0.05, 0.1) is 16.7 Å². The first kappa shape index (κ1) is 16.6. The topological polar surface area (TPSA) is 46.1 Å². The van der Waals surface area contributed by atoms with Crippen LogP contribution in [-0.2, 0) is 0 Å². The van der Waals surface area contributed by atoms with Crippen molar-refractivity contribution in [1.82, 2.24) is 14.9 Å². The molecule has 1 amide bonds. The second-order valence-electron chi connectivity index (χ2n) is 5.51. The first-order chi connectivity index (χ1) is 10.5. The zero-order valence-corrected chi connectivity index (χ0v) is 14.5. The fourth-order valence-electron chi connectivity index (χ4n) is 2.59. The maximum atomic E-state index is 12.8. The third-order valence-electron chi connectivity index (χ3n) is 3.79. The van der Waals surface area contributed by atoms with Crippen molar-refractivity contribution in [3.05, 3.63) is 45.7 Å². The van der Waals surface area contributed by atoms with Crippen LogP contribution in [-0.4, -0.2) is 27.8 Å². The SMILES string of the molecule is CCCC[C@@H](c1cccnc1)N(C)C(=O)c1sc(C)nc1C. The number of carbonyl (C=O) groups is 1. The summed E-state index contributed by atoms with van der Waals surface area (Å²) in [6.07, 6.45) is 6.75. The number of hydrogen-bond donors (Lipinski definition) is 0. The van der Waals surface area contributed by atoms with Crippen LogP contribution in [0.2, 0.25) is 0 Å². The molecule has 2 rings (SSSR count). The molecule has 5 heteroatoms. The monoisotopic (exact) mass is 317 g/mol. The van der Waals surface area contributed by atoms with E-state index in [0.717, 1.165) is 40.4 Å². The highest BCUT2D eigenvalue weighted by Gasteiger charge is 2.25. The molecule has 0 saturated carbocycles. The zero-order valence-electron chi connectivity index (χ0n) is 13.7.